The second-order valence-electron chi connectivity index (χ2n) is 7.78. The molecule has 34 heavy (non-hydrogen) atoms. The van der Waals surface area contributed by atoms with Crippen LogP contribution in [0.3, 0.4) is 0 Å². The normalized spacial score (nSPS) is 12.4. The number of benzene rings is 3. The third-order valence-electron chi connectivity index (χ3n) is 5.55. The molecule has 1 aromatic heterocycles. The second kappa shape index (κ2) is 10.3. The van der Waals surface area contributed by atoms with Crippen LogP contribution >= 0.6 is 11.8 Å². The van der Waals surface area contributed by atoms with Gasteiger partial charge < -0.3 is 10.3 Å². The van der Waals surface area contributed by atoms with E-state index in [1.807, 2.05) is 36.6 Å². The molecule has 0 saturated heterocycles. The van der Waals surface area contributed by atoms with Gasteiger partial charge in [-0.25, -0.2) is 13.4 Å². The summed E-state index contributed by atoms with van der Waals surface area (Å²) in [6, 6.07) is 22.3. The van der Waals surface area contributed by atoms with E-state index in [1.54, 1.807) is 36.0 Å². The molecule has 1 amide bonds. The van der Waals surface area contributed by atoms with Crippen molar-refractivity contribution in [3.8, 4) is 0 Å². The molecule has 4 aromatic rings. The highest BCUT2D eigenvalue weighted by molar-refractivity contribution is 7.98. The van der Waals surface area contributed by atoms with Gasteiger partial charge >= 0.3 is 0 Å². The maximum absolute atomic E-state index is 13.0. The van der Waals surface area contributed by atoms with Crippen molar-refractivity contribution in [2.45, 2.75) is 17.4 Å². The summed E-state index contributed by atoms with van der Waals surface area (Å²) in [5.74, 6) is 1.27. The highest BCUT2D eigenvalue weighted by atomic mass is 32.2. The summed E-state index contributed by atoms with van der Waals surface area (Å²) >= 11 is 1.70. The average molecular weight is 495 g/mol. The molecule has 3 aromatic carbocycles. The summed E-state index contributed by atoms with van der Waals surface area (Å²) in [5, 5.41) is 3.05. The van der Waals surface area contributed by atoms with Crippen molar-refractivity contribution < 1.29 is 13.2 Å². The molecule has 0 aliphatic carbocycles. The van der Waals surface area contributed by atoms with Crippen LogP contribution in [-0.2, 0) is 10.0 Å². The zero-order chi connectivity index (χ0) is 24.1. The largest absolute Gasteiger partial charge is 0.342 e. The molecule has 0 aliphatic heterocycles. The molecule has 0 saturated carbocycles. The van der Waals surface area contributed by atoms with Crippen LogP contribution in [-0.4, -0.2) is 43.3 Å². The van der Waals surface area contributed by atoms with Crippen LogP contribution < -0.4 is 9.62 Å². The van der Waals surface area contributed by atoms with Crippen LogP contribution in [0.15, 0.2) is 83.8 Å². The van der Waals surface area contributed by atoms with Crippen LogP contribution in [0.25, 0.3) is 11.0 Å². The molecule has 176 valence electrons. The summed E-state index contributed by atoms with van der Waals surface area (Å²) < 4.78 is 27.2. The number of hydrogen-bond donors (Lipinski definition) is 2. The van der Waals surface area contributed by atoms with Crippen LogP contribution in [0.1, 0.15) is 28.6 Å². The number of imidazole rings is 1. The lowest BCUT2D eigenvalue weighted by molar-refractivity contribution is 0.0934. The maximum atomic E-state index is 13.0. The predicted molar refractivity (Wildman–Crippen MR) is 138 cm³/mol. The van der Waals surface area contributed by atoms with Crippen molar-refractivity contribution >= 4 is 44.4 Å². The van der Waals surface area contributed by atoms with Crippen molar-refractivity contribution in [3.63, 3.8) is 0 Å². The molecule has 0 radical (unpaired) electrons. The Morgan fingerprint density at radius 3 is 2.38 bits per heavy atom. The number of sulfonamides is 1. The number of carbonyl (C=O) groups excluding carboxylic acids is 1. The topological polar surface area (TPSA) is 95.2 Å². The molecule has 0 fully saturated rings. The van der Waals surface area contributed by atoms with E-state index in [1.165, 1.54) is 35.6 Å². The Labute approximate surface area is 203 Å². The minimum Gasteiger partial charge on any atom is -0.342 e. The molecular weight excluding hydrogens is 468 g/mol. The van der Waals surface area contributed by atoms with E-state index in [2.05, 4.69) is 15.3 Å². The maximum Gasteiger partial charge on any atom is 0.264 e. The fourth-order valence-electron chi connectivity index (χ4n) is 3.61. The number of aromatic amines is 1. The Hall–Kier alpha value is -3.30. The van der Waals surface area contributed by atoms with Crippen molar-refractivity contribution in [2.24, 2.45) is 0 Å². The lowest BCUT2D eigenvalue weighted by atomic mass is 10.1. The van der Waals surface area contributed by atoms with Crippen molar-refractivity contribution in [2.75, 3.05) is 23.4 Å². The highest BCUT2D eigenvalue weighted by Crippen LogP contribution is 2.23. The molecule has 7 nitrogen and oxygen atoms in total. The van der Waals surface area contributed by atoms with Crippen molar-refractivity contribution in [1.29, 1.82) is 0 Å². The Bertz CT molecular complexity index is 1340. The molecular formula is C25H26N4O3S2. The van der Waals surface area contributed by atoms with E-state index in [0.717, 1.165) is 16.8 Å². The number of amides is 1. The Morgan fingerprint density at radius 1 is 1.03 bits per heavy atom. The molecule has 0 aliphatic rings. The number of rotatable bonds is 9. The zero-order valence-electron chi connectivity index (χ0n) is 18.9. The van der Waals surface area contributed by atoms with Crippen molar-refractivity contribution in [1.82, 2.24) is 15.3 Å². The molecule has 0 bridgehead atoms. The first-order valence-corrected chi connectivity index (χ1v) is 13.6. The number of nitrogens with one attached hydrogen (secondary N) is 2. The van der Waals surface area contributed by atoms with Gasteiger partial charge in [-0.15, -0.1) is 0 Å². The summed E-state index contributed by atoms with van der Waals surface area (Å²) in [7, 11) is -2.23. The second-order valence-corrected chi connectivity index (χ2v) is 10.7. The lowest BCUT2D eigenvalue weighted by Gasteiger charge is -2.20. The molecule has 2 N–H and O–H groups in total. The monoisotopic (exact) mass is 494 g/mol. The van der Waals surface area contributed by atoms with Crippen molar-refractivity contribution in [3.05, 3.63) is 90.3 Å². The number of nitrogens with zero attached hydrogens (tertiary/aromatic N) is 2. The first kappa shape index (κ1) is 23.8. The minimum absolute atomic E-state index is 0.117. The number of aromatic nitrogens is 2. The van der Waals surface area contributed by atoms with Crippen LogP contribution in [0, 0.1) is 0 Å². The zero-order valence-corrected chi connectivity index (χ0v) is 20.6. The predicted octanol–water partition coefficient (Wildman–Crippen LogP) is 4.61. The van der Waals surface area contributed by atoms with E-state index in [0.29, 0.717) is 23.5 Å². The van der Waals surface area contributed by atoms with Gasteiger partial charge in [-0.1, -0.05) is 30.3 Å². The van der Waals surface area contributed by atoms with Crippen LogP contribution in [0.4, 0.5) is 5.69 Å². The molecule has 4 rings (SSSR count). The molecule has 1 unspecified atom stereocenters. The SMILES string of the molecule is CSCCC(NC(=O)c1ccc(S(=O)(=O)N(C)c2ccccc2)cc1)c1nc2ccccc2[nH]1. The van der Waals surface area contributed by atoms with E-state index in [4.69, 9.17) is 0 Å². The van der Waals surface area contributed by atoms with Gasteiger partial charge in [0.15, 0.2) is 0 Å². The van der Waals surface area contributed by atoms with Gasteiger partial charge in [0.2, 0.25) is 0 Å². The number of hydrogen-bond acceptors (Lipinski definition) is 5. The van der Waals surface area contributed by atoms with Gasteiger partial charge in [-0.2, -0.15) is 11.8 Å². The first-order valence-electron chi connectivity index (χ1n) is 10.8. The van der Waals surface area contributed by atoms with E-state index in [-0.39, 0.29) is 16.8 Å². The summed E-state index contributed by atoms with van der Waals surface area (Å²) in [6.07, 6.45) is 2.73. The Kier molecular flexibility index (Phi) is 7.23. The van der Waals surface area contributed by atoms with Gasteiger partial charge in [0, 0.05) is 12.6 Å². The Morgan fingerprint density at radius 2 is 1.71 bits per heavy atom. The highest BCUT2D eigenvalue weighted by Gasteiger charge is 2.23. The number of thioether (sulfide) groups is 1. The average Bonchev–Trinajstić information content (AvgIpc) is 3.31. The molecule has 0 spiro atoms. The number of fused-ring (bicyclic) bond motifs is 1. The Balaban J connectivity index is 1.52. The third-order valence-corrected chi connectivity index (χ3v) is 7.99. The number of carbonyl (C=O) groups is 1. The van der Waals surface area contributed by atoms with Crippen LogP contribution in [0.2, 0.25) is 0 Å². The number of H-pyrrole nitrogens is 1. The third kappa shape index (κ3) is 5.10. The lowest BCUT2D eigenvalue weighted by Crippen LogP contribution is -2.30. The summed E-state index contributed by atoms with van der Waals surface area (Å²) in [4.78, 5) is 21.1. The fraction of sp³-hybridized carbons (Fsp3) is 0.200. The quantitative estimate of drug-likeness (QED) is 0.354. The minimum atomic E-state index is -3.74. The van der Waals surface area contributed by atoms with E-state index >= 15 is 0 Å². The van der Waals surface area contributed by atoms with Gasteiger partial charge in [-0.05, 0) is 67.0 Å². The van der Waals surface area contributed by atoms with Gasteiger partial charge in [0.1, 0.15) is 5.82 Å². The number of anilines is 1. The summed E-state index contributed by atoms with van der Waals surface area (Å²) in [6.45, 7) is 0. The van der Waals surface area contributed by atoms with E-state index in [9.17, 15) is 13.2 Å². The molecule has 1 heterocycles. The van der Waals surface area contributed by atoms with Gasteiger partial charge in [0.05, 0.1) is 27.7 Å². The molecule has 1 atom stereocenters. The summed E-state index contributed by atoms with van der Waals surface area (Å²) in [5.41, 5.74) is 2.70. The van der Waals surface area contributed by atoms with Crippen LogP contribution in [0.5, 0.6) is 0 Å². The smallest absolute Gasteiger partial charge is 0.264 e. The van der Waals surface area contributed by atoms with Gasteiger partial charge in [0.25, 0.3) is 15.9 Å². The first-order chi connectivity index (χ1) is 16.4. The van der Waals surface area contributed by atoms with Gasteiger partial charge in [-0.3, -0.25) is 9.10 Å². The molecule has 9 heteroatoms. The number of para-hydroxylation sites is 3. The van der Waals surface area contributed by atoms with E-state index < -0.39 is 10.0 Å². The fourth-order valence-corrected chi connectivity index (χ4v) is 5.27. The standard InChI is InChI=1S/C25H26N4O3S2/c1-29(19-8-4-3-5-9-19)34(31,32)20-14-12-18(13-15-20)25(30)28-23(16-17-33-2)24-26-21-10-6-7-11-22(21)27-24/h3-15,23H,16-17H2,1-2H3,(H,26,27)(H,28,30).